The first-order chi connectivity index (χ1) is 12.0. The first kappa shape index (κ1) is 20.4. The monoisotopic (exact) mass is 364 g/mol. The third kappa shape index (κ3) is 4.83. The Bertz CT molecular complexity index is 667. The Morgan fingerprint density at radius 1 is 1.08 bits per heavy atom. The van der Waals surface area contributed by atoms with Crippen LogP contribution < -0.4 is 0 Å². The van der Waals surface area contributed by atoms with Crippen molar-refractivity contribution in [2.75, 3.05) is 0 Å². The number of ketones is 1. The van der Waals surface area contributed by atoms with E-state index in [4.69, 9.17) is 24.5 Å². The van der Waals surface area contributed by atoms with Crippen LogP contribution in [0.3, 0.4) is 0 Å². The van der Waals surface area contributed by atoms with Gasteiger partial charge in [-0.3, -0.25) is 4.79 Å². The number of hydrogen-bond donors (Lipinski definition) is 2. The lowest BCUT2D eigenvalue weighted by Gasteiger charge is -2.21. The van der Waals surface area contributed by atoms with Crippen molar-refractivity contribution in [1.29, 1.82) is 0 Å². The highest BCUT2D eigenvalue weighted by Gasteiger charge is 2.50. The highest BCUT2D eigenvalue weighted by Crippen LogP contribution is 2.42. The van der Waals surface area contributed by atoms with E-state index in [9.17, 15) is 4.79 Å². The van der Waals surface area contributed by atoms with Gasteiger partial charge in [0.2, 0.25) is 0 Å². The molecule has 0 aromatic heterocycles. The number of benzene rings is 1. The number of carbonyl (C=O) groups excluding carboxylic acids is 1. The molecule has 1 heterocycles. The van der Waals surface area contributed by atoms with Gasteiger partial charge < -0.3 is 19.7 Å². The summed E-state index contributed by atoms with van der Waals surface area (Å²) in [5, 5.41) is 13.9. The molecule has 2 N–H and O–H groups in total. The van der Waals surface area contributed by atoms with Gasteiger partial charge in [-0.15, -0.1) is 0 Å². The van der Waals surface area contributed by atoms with Crippen molar-refractivity contribution in [1.82, 2.24) is 0 Å². The van der Waals surface area contributed by atoms with Crippen molar-refractivity contribution in [2.45, 2.75) is 71.9 Å². The number of Topliss-reactive ketones (excluding diaryl/α,β-unsaturated/α-hetero) is 1. The molecule has 2 fully saturated rings. The normalized spacial score (nSPS) is 26.0. The predicted octanol–water partition coefficient (Wildman–Crippen LogP) is 3.88. The fourth-order valence-electron chi connectivity index (χ4n) is 4.07. The van der Waals surface area contributed by atoms with Crippen LogP contribution in [0.5, 0.6) is 0 Å². The first-order valence-corrected chi connectivity index (χ1v) is 8.87. The maximum Gasteiger partial charge on any atom is 0.503 e. The molecular weight excluding hydrogens is 336 g/mol. The Morgan fingerprint density at radius 3 is 2.15 bits per heavy atom. The summed E-state index contributed by atoms with van der Waals surface area (Å²) in [6.45, 7) is 10.2. The smallest absolute Gasteiger partial charge is 0.450 e. The van der Waals surface area contributed by atoms with E-state index in [1.54, 1.807) is 0 Å². The van der Waals surface area contributed by atoms with Crippen molar-refractivity contribution < 1.29 is 29.3 Å². The summed E-state index contributed by atoms with van der Waals surface area (Å²) in [6.07, 6.45) is 0.512. The summed E-state index contributed by atoms with van der Waals surface area (Å²) < 4.78 is 11.9. The van der Waals surface area contributed by atoms with Crippen LogP contribution in [0.15, 0.2) is 12.1 Å². The molecule has 26 heavy (non-hydrogen) atoms. The lowest BCUT2D eigenvalue weighted by Crippen LogP contribution is -2.31. The fraction of sp³-hybridized carbons (Fsp3) is 0.600. The summed E-state index contributed by atoms with van der Waals surface area (Å²) in [4.78, 5) is 21.4. The summed E-state index contributed by atoms with van der Waals surface area (Å²) in [7, 11) is 0. The van der Waals surface area contributed by atoms with Gasteiger partial charge in [0.15, 0.2) is 5.79 Å². The Balaban J connectivity index is 0.000000552. The Labute approximate surface area is 154 Å². The van der Waals surface area contributed by atoms with Crippen molar-refractivity contribution in [2.24, 2.45) is 5.92 Å². The standard InChI is InChI=1S/C19H26O3.CH2O3/c1-11-8-12(2)15(13(3)9-11)10-16(20)14-6-7-17-18(14)22-19(4,5)21-17;2-1(3)4/h8-9,14,17-18H,6-7,10H2,1-5H3;(H2,2,3,4). The lowest BCUT2D eigenvalue weighted by atomic mass is 9.90. The number of aryl methyl sites for hydroxylation is 3. The second-order valence-corrected chi connectivity index (χ2v) is 7.63. The Kier molecular flexibility index (Phi) is 6.09. The number of carboxylic acid groups (broad SMARTS) is 2. The molecule has 1 aliphatic heterocycles. The van der Waals surface area contributed by atoms with E-state index >= 15 is 0 Å². The molecule has 6 nitrogen and oxygen atoms in total. The van der Waals surface area contributed by atoms with E-state index in [-0.39, 0.29) is 18.1 Å². The molecule has 0 amide bonds. The van der Waals surface area contributed by atoms with Crippen LogP contribution in [0.1, 0.15) is 48.9 Å². The van der Waals surface area contributed by atoms with Gasteiger partial charge in [0.1, 0.15) is 5.78 Å². The highest BCUT2D eigenvalue weighted by molar-refractivity contribution is 5.85. The molecule has 1 aromatic carbocycles. The molecule has 144 valence electrons. The molecule has 3 rings (SSSR count). The van der Waals surface area contributed by atoms with Gasteiger partial charge in [-0.05, 0) is 64.2 Å². The van der Waals surface area contributed by atoms with E-state index in [1.807, 2.05) is 13.8 Å². The SMILES string of the molecule is Cc1cc(C)c(CC(=O)C2CCC3OC(C)(C)OC32)c(C)c1.O=C(O)O. The van der Waals surface area contributed by atoms with Crippen LogP contribution >= 0.6 is 0 Å². The van der Waals surface area contributed by atoms with Crippen LogP contribution in [0.25, 0.3) is 0 Å². The number of ether oxygens (including phenoxy) is 2. The zero-order valence-corrected chi connectivity index (χ0v) is 16.0. The highest BCUT2D eigenvalue weighted by atomic mass is 16.8. The van der Waals surface area contributed by atoms with Gasteiger partial charge >= 0.3 is 6.16 Å². The van der Waals surface area contributed by atoms with Crippen molar-refractivity contribution in [3.63, 3.8) is 0 Å². The zero-order valence-electron chi connectivity index (χ0n) is 16.0. The second kappa shape index (κ2) is 7.76. The van der Waals surface area contributed by atoms with Gasteiger partial charge in [0.05, 0.1) is 12.2 Å². The van der Waals surface area contributed by atoms with E-state index in [0.29, 0.717) is 12.2 Å². The van der Waals surface area contributed by atoms with E-state index < -0.39 is 11.9 Å². The Hall–Kier alpha value is -1.92. The molecular formula is C20H28O6. The zero-order chi connectivity index (χ0) is 19.6. The van der Waals surface area contributed by atoms with Gasteiger partial charge in [-0.2, -0.15) is 0 Å². The summed E-state index contributed by atoms with van der Waals surface area (Å²) in [6, 6.07) is 4.32. The molecule has 1 saturated heterocycles. The van der Waals surface area contributed by atoms with Crippen molar-refractivity contribution in [3.8, 4) is 0 Å². The minimum Gasteiger partial charge on any atom is -0.450 e. The topological polar surface area (TPSA) is 93.1 Å². The average molecular weight is 364 g/mol. The van der Waals surface area contributed by atoms with Crippen LogP contribution in [0, 0.1) is 26.7 Å². The van der Waals surface area contributed by atoms with Gasteiger partial charge in [0.25, 0.3) is 0 Å². The molecule has 0 spiro atoms. The minimum absolute atomic E-state index is 0.0214. The van der Waals surface area contributed by atoms with E-state index in [0.717, 1.165) is 12.8 Å². The number of hydrogen-bond acceptors (Lipinski definition) is 4. The maximum absolute atomic E-state index is 12.8. The lowest BCUT2D eigenvalue weighted by molar-refractivity contribution is -0.159. The van der Waals surface area contributed by atoms with Crippen molar-refractivity contribution in [3.05, 3.63) is 34.4 Å². The second-order valence-electron chi connectivity index (χ2n) is 7.63. The summed E-state index contributed by atoms with van der Waals surface area (Å²) >= 11 is 0. The molecule has 0 radical (unpaired) electrons. The summed E-state index contributed by atoms with van der Waals surface area (Å²) in [5.74, 6) is -0.278. The maximum atomic E-state index is 12.8. The molecule has 0 bridgehead atoms. The van der Waals surface area contributed by atoms with Crippen LogP contribution in [0.4, 0.5) is 4.79 Å². The molecule has 1 aliphatic carbocycles. The number of rotatable bonds is 3. The van der Waals surface area contributed by atoms with Crippen molar-refractivity contribution >= 4 is 11.9 Å². The fourth-order valence-corrected chi connectivity index (χ4v) is 4.07. The number of carbonyl (C=O) groups is 2. The van der Waals surface area contributed by atoms with Crippen LogP contribution in [-0.2, 0) is 20.7 Å². The van der Waals surface area contributed by atoms with Crippen LogP contribution in [0.2, 0.25) is 0 Å². The number of fused-ring (bicyclic) bond motifs is 1. The molecule has 6 heteroatoms. The molecule has 3 atom stereocenters. The third-order valence-electron chi connectivity index (χ3n) is 4.99. The molecule has 2 aliphatic rings. The largest absolute Gasteiger partial charge is 0.503 e. The Morgan fingerprint density at radius 2 is 1.62 bits per heavy atom. The quantitative estimate of drug-likeness (QED) is 0.845. The molecule has 1 aromatic rings. The van der Waals surface area contributed by atoms with E-state index in [1.165, 1.54) is 22.3 Å². The third-order valence-corrected chi connectivity index (χ3v) is 4.99. The van der Waals surface area contributed by atoms with Crippen LogP contribution in [-0.4, -0.2) is 40.1 Å². The van der Waals surface area contributed by atoms with Gasteiger partial charge in [0, 0.05) is 12.3 Å². The molecule has 3 unspecified atom stereocenters. The van der Waals surface area contributed by atoms with Gasteiger partial charge in [-0.1, -0.05) is 17.7 Å². The predicted molar refractivity (Wildman–Crippen MR) is 96.6 cm³/mol. The summed E-state index contributed by atoms with van der Waals surface area (Å²) in [5.41, 5.74) is 4.85. The van der Waals surface area contributed by atoms with Gasteiger partial charge in [-0.25, -0.2) is 4.79 Å². The minimum atomic E-state index is -1.83. The average Bonchev–Trinajstić information content (AvgIpc) is 2.96. The van der Waals surface area contributed by atoms with E-state index in [2.05, 4.69) is 32.9 Å². The first-order valence-electron chi connectivity index (χ1n) is 8.87. The molecule has 1 saturated carbocycles.